The summed E-state index contributed by atoms with van der Waals surface area (Å²) >= 11 is 1.27. The smallest absolute Gasteiger partial charge is 0.277 e. The number of aryl methyl sites for hydroxylation is 1. The van der Waals surface area contributed by atoms with Crippen LogP contribution in [0.1, 0.15) is 50.1 Å². The molecule has 0 bridgehead atoms. The molecule has 0 radical (unpaired) electrons. The number of fused-ring (bicyclic) bond motifs is 1. The standard InChI is InChI=1S/C21H22FN5O2S/c1-5-8-27-18-16(20(28)26(4)21(27)29)19(25-17(24-18)12(2)3)30-11-13-6-7-15(22)9-14(13)10-23/h6-7,9,12H,5,8,11H2,1-4H3. The highest BCUT2D eigenvalue weighted by molar-refractivity contribution is 7.98. The molecule has 0 aliphatic heterocycles. The van der Waals surface area contributed by atoms with Gasteiger partial charge in [-0.05, 0) is 24.1 Å². The highest BCUT2D eigenvalue weighted by atomic mass is 32.2. The first-order valence-electron chi connectivity index (χ1n) is 9.61. The van der Waals surface area contributed by atoms with Crippen LogP contribution in [-0.2, 0) is 19.3 Å². The van der Waals surface area contributed by atoms with Gasteiger partial charge in [0.05, 0.1) is 11.6 Å². The molecule has 2 aromatic heterocycles. The minimum Gasteiger partial charge on any atom is -0.277 e. The van der Waals surface area contributed by atoms with Crippen molar-refractivity contribution < 1.29 is 4.39 Å². The summed E-state index contributed by atoms with van der Waals surface area (Å²) in [4.78, 5) is 34.7. The van der Waals surface area contributed by atoms with Crippen molar-refractivity contribution in [3.8, 4) is 6.07 Å². The fourth-order valence-electron chi connectivity index (χ4n) is 3.07. The molecule has 0 spiro atoms. The lowest BCUT2D eigenvalue weighted by atomic mass is 10.1. The molecule has 0 fully saturated rings. The van der Waals surface area contributed by atoms with Crippen LogP contribution in [0.25, 0.3) is 11.0 Å². The Labute approximate surface area is 177 Å². The normalized spacial score (nSPS) is 11.2. The first-order chi connectivity index (χ1) is 14.3. The third-order valence-corrected chi connectivity index (χ3v) is 5.71. The Bertz CT molecular complexity index is 1270. The van der Waals surface area contributed by atoms with Gasteiger partial charge in [0, 0.05) is 25.3 Å². The van der Waals surface area contributed by atoms with Crippen LogP contribution in [0.5, 0.6) is 0 Å². The summed E-state index contributed by atoms with van der Waals surface area (Å²) in [5.41, 5.74) is 0.329. The molecule has 0 unspecified atom stereocenters. The van der Waals surface area contributed by atoms with E-state index in [0.29, 0.717) is 40.8 Å². The molecule has 0 aliphatic carbocycles. The van der Waals surface area contributed by atoms with E-state index in [-0.39, 0.29) is 16.9 Å². The van der Waals surface area contributed by atoms with Gasteiger partial charge in [0.2, 0.25) is 0 Å². The van der Waals surface area contributed by atoms with Crippen molar-refractivity contribution in [1.29, 1.82) is 5.26 Å². The first kappa shape index (κ1) is 21.7. The Morgan fingerprint density at radius 1 is 1.27 bits per heavy atom. The molecule has 2 heterocycles. The molecule has 7 nitrogen and oxygen atoms in total. The summed E-state index contributed by atoms with van der Waals surface area (Å²) in [7, 11) is 1.44. The molecule has 0 saturated heterocycles. The molecule has 3 aromatic rings. The number of benzene rings is 1. The number of hydrogen-bond acceptors (Lipinski definition) is 6. The predicted molar refractivity (Wildman–Crippen MR) is 114 cm³/mol. The molecule has 0 aliphatic rings. The van der Waals surface area contributed by atoms with Gasteiger partial charge < -0.3 is 0 Å². The second kappa shape index (κ2) is 8.79. The maximum absolute atomic E-state index is 13.4. The van der Waals surface area contributed by atoms with Crippen LogP contribution in [0, 0.1) is 17.1 Å². The van der Waals surface area contributed by atoms with E-state index in [0.717, 1.165) is 4.57 Å². The van der Waals surface area contributed by atoms with Gasteiger partial charge in [-0.15, -0.1) is 11.8 Å². The third-order valence-electron chi connectivity index (χ3n) is 4.69. The van der Waals surface area contributed by atoms with E-state index in [1.54, 1.807) is 6.07 Å². The lowest BCUT2D eigenvalue weighted by molar-refractivity contribution is 0.603. The van der Waals surface area contributed by atoms with Gasteiger partial charge >= 0.3 is 5.69 Å². The molecular weight excluding hydrogens is 405 g/mol. The molecule has 156 valence electrons. The summed E-state index contributed by atoms with van der Waals surface area (Å²) < 4.78 is 16.0. The first-order valence-corrected chi connectivity index (χ1v) is 10.6. The molecular formula is C21H22FN5O2S. The predicted octanol–water partition coefficient (Wildman–Crippen LogP) is 3.33. The zero-order valence-corrected chi connectivity index (χ0v) is 18.1. The largest absolute Gasteiger partial charge is 0.332 e. The number of aromatic nitrogens is 4. The summed E-state index contributed by atoms with van der Waals surface area (Å²) in [6, 6.07) is 6.03. The minimum atomic E-state index is -0.479. The molecule has 0 saturated carbocycles. The van der Waals surface area contributed by atoms with Crippen LogP contribution < -0.4 is 11.2 Å². The summed E-state index contributed by atoms with van der Waals surface area (Å²) in [5, 5.41) is 10.0. The lowest BCUT2D eigenvalue weighted by Crippen LogP contribution is -2.39. The maximum atomic E-state index is 13.4. The number of rotatable bonds is 6. The monoisotopic (exact) mass is 427 g/mol. The molecule has 9 heteroatoms. The average molecular weight is 428 g/mol. The van der Waals surface area contributed by atoms with Crippen LogP contribution in [0.4, 0.5) is 4.39 Å². The molecule has 30 heavy (non-hydrogen) atoms. The van der Waals surface area contributed by atoms with E-state index in [9.17, 15) is 19.2 Å². The van der Waals surface area contributed by atoms with Crippen molar-refractivity contribution in [2.45, 2.75) is 50.4 Å². The SMILES string of the molecule is CCCn1c(=O)n(C)c(=O)c2c(SCc3ccc(F)cc3C#N)nc(C(C)C)nc21. The van der Waals surface area contributed by atoms with Gasteiger partial charge in [-0.1, -0.05) is 26.8 Å². The fraction of sp³-hybridized carbons (Fsp3) is 0.381. The van der Waals surface area contributed by atoms with Crippen LogP contribution in [-0.4, -0.2) is 19.1 Å². The van der Waals surface area contributed by atoms with E-state index in [1.807, 2.05) is 26.8 Å². The molecule has 0 amide bonds. The zero-order valence-electron chi connectivity index (χ0n) is 17.3. The summed E-state index contributed by atoms with van der Waals surface area (Å²) in [6.45, 7) is 6.25. The number of halogens is 1. The zero-order chi connectivity index (χ0) is 22.0. The minimum absolute atomic E-state index is 0.0107. The average Bonchev–Trinajstić information content (AvgIpc) is 2.73. The van der Waals surface area contributed by atoms with Gasteiger partial charge in [-0.2, -0.15) is 5.26 Å². The molecule has 1 aromatic carbocycles. The van der Waals surface area contributed by atoms with Crippen LogP contribution in [0.2, 0.25) is 0 Å². The number of nitriles is 1. The molecule has 3 rings (SSSR count). The molecule has 0 atom stereocenters. The van der Waals surface area contributed by atoms with Crippen molar-refractivity contribution in [3.63, 3.8) is 0 Å². The maximum Gasteiger partial charge on any atom is 0.332 e. The Hall–Kier alpha value is -2.99. The van der Waals surface area contributed by atoms with Gasteiger partial charge in [0.15, 0.2) is 5.65 Å². The van der Waals surface area contributed by atoms with Crippen molar-refractivity contribution in [1.82, 2.24) is 19.1 Å². The number of nitrogens with zero attached hydrogens (tertiary/aromatic N) is 5. The Morgan fingerprint density at radius 2 is 2.00 bits per heavy atom. The van der Waals surface area contributed by atoms with Gasteiger partial charge in [0.25, 0.3) is 5.56 Å². The summed E-state index contributed by atoms with van der Waals surface area (Å²) in [5.74, 6) is 0.362. The van der Waals surface area contributed by atoms with Crippen molar-refractivity contribution in [2.75, 3.05) is 0 Å². The third kappa shape index (κ3) is 4.00. The van der Waals surface area contributed by atoms with E-state index in [4.69, 9.17) is 0 Å². The van der Waals surface area contributed by atoms with Crippen LogP contribution >= 0.6 is 11.8 Å². The van der Waals surface area contributed by atoms with Crippen molar-refractivity contribution in [2.24, 2.45) is 7.05 Å². The van der Waals surface area contributed by atoms with Crippen LogP contribution in [0.15, 0.2) is 32.8 Å². The highest BCUT2D eigenvalue weighted by Gasteiger charge is 2.20. The van der Waals surface area contributed by atoms with Crippen molar-refractivity contribution in [3.05, 3.63) is 61.8 Å². The Morgan fingerprint density at radius 3 is 2.63 bits per heavy atom. The fourth-order valence-corrected chi connectivity index (χ4v) is 4.09. The number of hydrogen-bond donors (Lipinski definition) is 0. The Balaban J connectivity index is 2.22. The van der Waals surface area contributed by atoms with Gasteiger partial charge in [-0.3, -0.25) is 13.9 Å². The van der Waals surface area contributed by atoms with Gasteiger partial charge in [0.1, 0.15) is 22.1 Å². The number of thioether (sulfide) groups is 1. The van der Waals surface area contributed by atoms with Crippen molar-refractivity contribution >= 4 is 22.8 Å². The van der Waals surface area contributed by atoms with E-state index in [1.165, 1.54) is 35.5 Å². The lowest BCUT2D eigenvalue weighted by Gasteiger charge is -2.15. The second-order valence-corrected chi connectivity index (χ2v) is 8.20. The molecule has 0 N–H and O–H groups in total. The van der Waals surface area contributed by atoms with Crippen LogP contribution in [0.3, 0.4) is 0 Å². The summed E-state index contributed by atoms with van der Waals surface area (Å²) in [6.07, 6.45) is 0.706. The quantitative estimate of drug-likeness (QED) is 0.442. The van der Waals surface area contributed by atoms with E-state index < -0.39 is 17.1 Å². The van der Waals surface area contributed by atoms with E-state index >= 15 is 0 Å². The second-order valence-electron chi connectivity index (χ2n) is 7.24. The van der Waals surface area contributed by atoms with E-state index in [2.05, 4.69) is 9.97 Å². The topological polar surface area (TPSA) is 93.6 Å². The highest BCUT2D eigenvalue weighted by Crippen LogP contribution is 2.28. The van der Waals surface area contributed by atoms with Gasteiger partial charge in [-0.25, -0.2) is 19.2 Å². The Kier molecular flexibility index (Phi) is 6.37.